The number of nitrogens with one attached hydrogen (secondary N) is 1. The summed E-state index contributed by atoms with van der Waals surface area (Å²) in [5.41, 5.74) is 3.93. The quantitative estimate of drug-likeness (QED) is 0.766. The number of methoxy groups -OCH3 is 1. The van der Waals surface area contributed by atoms with Crippen LogP contribution in [0.1, 0.15) is 12.6 Å². The van der Waals surface area contributed by atoms with E-state index in [9.17, 15) is 0 Å². The van der Waals surface area contributed by atoms with Gasteiger partial charge in [0.1, 0.15) is 11.5 Å². The molecule has 0 aliphatic heterocycles. The number of anilines is 2. The van der Waals surface area contributed by atoms with Gasteiger partial charge in [-0.25, -0.2) is 0 Å². The number of nitrogens with zero attached hydrogens (tertiary/aromatic N) is 1. The predicted octanol–water partition coefficient (Wildman–Crippen LogP) is 1.70. The summed E-state index contributed by atoms with van der Waals surface area (Å²) in [6.07, 6.45) is 0. The number of aromatic nitrogens is 1. The fourth-order valence-corrected chi connectivity index (χ4v) is 2.53. The summed E-state index contributed by atoms with van der Waals surface area (Å²) < 4.78 is 10.8. The Morgan fingerprint density at radius 2 is 1.71 bits per heavy atom. The van der Waals surface area contributed by atoms with Crippen LogP contribution in [0, 0.1) is 6.92 Å². The molecule has 0 saturated heterocycles. The van der Waals surface area contributed by atoms with Gasteiger partial charge in [0, 0.05) is 22.5 Å². The first-order chi connectivity index (χ1) is 11.2. The normalized spacial score (nSPS) is 10.1. The van der Waals surface area contributed by atoms with E-state index in [1.807, 2.05) is 62.4 Å². The van der Waals surface area contributed by atoms with Crippen LogP contribution in [0.3, 0.4) is 0 Å². The van der Waals surface area contributed by atoms with Gasteiger partial charge in [-0.15, -0.1) is 0 Å². The molecule has 0 unspecified atom stereocenters. The molecule has 0 aliphatic carbocycles. The first-order valence-electron chi connectivity index (χ1n) is 7.65. The molecule has 0 saturated carbocycles. The van der Waals surface area contributed by atoms with Crippen LogP contribution >= 0.6 is 0 Å². The average Bonchev–Trinajstić information content (AvgIpc) is 2.56. The molecule has 0 atom stereocenters. The van der Waals surface area contributed by atoms with Gasteiger partial charge in [0.05, 0.1) is 19.2 Å². The van der Waals surface area contributed by atoms with Gasteiger partial charge in [0.2, 0.25) is 0 Å². The highest BCUT2D eigenvalue weighted by Crippen LogP contribution is 2.30. The van der Waals surface area contributed by atoms with Crippen LogP contribution in [-0.4, -0.2) is 18.7 Å². The van der Waals surface area contributed by atoms with Gasteiger partial charge in [0.25, 0.3) is 0 Å². The number of hydrogen-bond acceptors (Lipinski definition) is 4. The minimum Gasteiger partial charge on any atom is -1.00 e. The first kappa shape index (κ1) is 17.9. The van der Waals surface area contributed by atoms with Crippen molar-refractivity contribution in [1.29, 1.82) is 0 Å². The standard InChI is InChI=1S/C19H20N2O2.ClH/c1-4-23-16-9-10-18-17(12-16)19(11-13(2)20-18)21-14-5-7-15(22-3)8-6-14;/h5-12H,4H2,1-3H3,(H,20,21);1H/p-1. The number of aryl methyl sites for hydroxylation is 1. The van der Waals surface area contributed by atoms with Crippen LogP contribution < -0.4 is 27.2 Å². The molecule has 0 bridgehead atoms. The van der Waals surface area contributed by atoms with E-state index in [-0.39, 0.29) is 12.4 Å². The third-order valence-electron chi connectivity index (χ3n) is 3.59. The van der Waals surface area contributed by atoms with Crippen LogP contribution in [0.5, 0.6) is 11.5 Å². The summed E-state index contributed by atoms with van der Waals surface area (Å²) in [4.78, 5) is 4.59. The van der Waals surface area contributed by atoms with Gasteiger partial charge < -0.3 is 27.2 Å². The molecule has 126 valence electrons. The van der Waals surface area contributed by atoms with E-state index >= 15 is 0 Å². The lowest BCUT2D eigenvalue weighted by Crippen LogP contribution is -3.00. The predicted molar refractivity (Wildman–Crippen MR) is 93.9 cm³/mol. The van der Waals surface area contributed by atoms with Crippen molar-refractivity contribution in [2.24, 2.45) is 0 Å². The lowest BCUT2D eigenvalue weighted by Gasteiger charge is -2.12. The van der Waals surface area contributed by atoms with E-state index in [4.69, 9.17) is 9.47 Å². The second-order valence-electron chi connectivity index (χ2n) is 5.28. The van der Waals surface area contributed by atoms with Gasteiger partial charge in [-0.3, -0.25) is 4.98 Å². The molecule has 1 N–H and O–H groups in total. The second kappa shape index (κ2) is 7.88. The number of rotatable bonds is 5. The molecule has 0 amide bonds. The molecule has 24 heavy (non-hydrogen) atoms. The largest absolute Gasteiger partial charge is 1.00 e. The highest BCUT2D eigenvalue weighted by atomic mass is 35.5. The Hall–Kier alpha value is -2.46. The Bertz CT molecular complexity index is 819. The Labute approximate surface area is 148 Å². The molecule has 1 aromatic heterocycles. The molecule has 2 aromatic carbocycles. The van der Waals surface area contributed by atoms with Crippen molar-refractivity contribution in [2.45, 2.75) is 13.8 Å². The van der Waals surface area contributed by atoms with Gasteiger partial charge in [0.15, 0.2) is 0 Å². The van der Waals surface area contributed by atoms with E-state index in [0.717, 1.165) is 39.5 Å². The van der Waals surface area contributed by atoms with E-state index in [1.165, 1.54) is 0 Å². The minimum atomic E-state index is 0. The van der Waals surface area contributed by atoms with Crippen LogP contribution in [0.25, 0.3) is 10.9 Å². The fourth-order valence-electron chi connectivity index (χ4n) is 2.53. The molecule has 0 radical (unpaired) electrons. The molecule has 1 heterocycles. The Morgan fingerprint density at radius 1 is 1.00 bits per heavy atom. The van der Waals surface area contributed by atoms with Crippen molar-refractivity contribution in [3.05, 3.63) is 54.2 Å². The topological polar surface area (TPSA) is 43.4 Å². The molecule has 0 fully saturated rings. The molecule has 0 aliphatic rings. The van der Waals surface area contributed by atoms with Gasteiger partial charge >= 0.3 is 0 Å². The number of pyridine rings is 1. The second-order valence-corrected chi connectivity index (χ2v) is 5.28. The van der Waals surface area contributed by atoms with Gasteiger partial charge in [-0.2, -0.15) is 0 Å². The summed E-state index contributed by atoms with van der Waals surface area (Å²) in [6, 6.07) is 15.9. The first-order valence-corrected chi connectivity index (χ1v) is 7.65. The van der Waals surface area contributed by atoms with E-state index in [2.05, 4.69) is 10.3 Å². The minimum absolute atomic E-state index is 0. The maximum atomic E-state index is 5.61. The van der Waals surface area contributed by atoms with Gasteiger partial charge in [-0.1, -0.05) is 0 Å². The number of halogens is 1. The summed E-state index contributed by atoms with van der Waals surface area (Å²) in [6.45, 7) is 4.62. The SMILES string of the molecule is CCOc1ccc2nc(C)cc(Nc3ccc(OC)cc3)c2c1.[Cl-]. The molecular weight excluding hydrogens is 324 g/mol. The zero-order valence-corrected chi connectivity index (χ0v) is 14.7. The van der Waals surface area contributed by atoms with Crippen LogP contribution in [0.15, 0.2) is 48.5 Å². The Morgan fingerprint density at radius 3 is 2.38 bits per heavy atom. The van der Waals surface area contributed by atoms with E-state index < -0.39 is 0 Å². The molecule has 3 rings (SSSR count). The zero-order chi connectivity index (χ0) is 16.2. The third-order valence-corrected chi connectivity index (χ3v) is 3.59. The molecule has 3 aromatic rings. The number of benzene rings is 2. The van der Waals surface area contributed by atoms with E-state index in [0.29, 0.717) is 6.61 Å². The van der Waals surface area contributed by atoms with Crippen LogP contribution in [0.4, 0.5) is 11.4 Å². The van der Waals surface area contributed by atoms with E-state index in [1.54, 1.807) is 7.11 Å². The number of hydrogen-bond donors (Lipinski definition) is 1. The maximum Gasteiger partial charge on any atom is 0.120 e. The number of ether oxygens (including phenoxy) is 2. The maximum absolute atomic E-state index is 5.61. The number of fused-ring (bicyclic) bond motifs is 1. The zero-order valence-electron chi connectivity index (χ0n) is 14.0. The lowest BCUT2D eigenvalue weighted by atomic mass is 10.1. The average molecular weight is 344 g/mol. The molecule has 4 nitrogen and oxygen atoms in total. The van der Waals surface area contributed by atoms with Crippen molar-refractivity contribution < 1.29 is 21.9 Å². The van der Waals surface area contributed by atoms with Crippen molar-refractivity contribution in [3.63, 3.8) is 0 Å². The monoisotopic (exact) mass is 343 g/mol. The summed E-state index contributed by atoms with van der Waals surface area (Å²) in [7, 11) is 1.66. The fraction of sp³-hybridized carbons (Fsp3) is 0.211. The van der Waals surface area contributed by atoms with Crippen molar-refractivity contribution >= 4 is 22.3 Å². The molecule has 5 heteroatoms. The summed E-state index contributed by atoms with van der Waals surface area (Å²) in [5, 5.41) is 4.50. The van der Waals surface area contributed by atoms with Gasteiger partial charge in [-0.05, 0) is 62.4 Å². The lowest BCUT2D eigenvalue weighted by molar-refractivity contribution is -0.00000565. The molecular formula is C19H20ClN2O2-. The Kier molecular flexibility index (Phi) is 5.88. The van der Waals surface area contributed by atoms with Crippen LogP contribution in [0.2, 0.25) is 0 Å². The third kappa shape index (κ3) is 3.89. The Balaban J connectivity index is 0.00000208. The highest BCUT2D eigenvalue weighted by Gasteiger charge is 2.07. The van der Waals surface area contributed by atoms with Crippen molar-refractivity contribution in [3.8, 4) is 11.5 Å². The smallest absolute Gasteiger partial charge is 0.120 e. The van der Waals surface area contributed by atoms with Crippen molar-refractivity contribution in [2.75, 3.05) is 19.0 Å². The highest BCUT2D eigenvalue weighted by molar-refractivity contribution is 5.94. The summed E-state index contributed by atoms with van der Waals surface area (Å²) in [5.74, 6) is 1.69. The van der Waals surface area contributed by atoms with Crippen LogP contribution in [-0.2, 0) is 0 Å². The molecule has 0 spiro atoms. The van der Waals surface area contributed by atoms with Crippen molar-refractivity contribution in [1.82, 2.24) is 4.98 Å². The summed E-state index contributed by atoms with van der Waals surface area (Å²) >= 11 is 0.